The molecule has 0 saturated heterocycles. The molecule has 0 unspecified atom stereocenters. The van der Waals surface area contributed by atoms with Gasteiger partial charge in [-0.25, -0.2) is 0 Å². The van der Waals surface area contributed by atoms with Crippen LogP contribution < -0.4 is 21.3 Å². The van der Waals surface area contributed by atoms with E-state index >= 15 is 0 Å². The van der Waals surface area contributed by atoms with Crippen LogP contribution in [0.15, 0.2) is 106 Å². The molecule has 8 rings (SSSR count). The monoisotopic (exact) mass is 908 g/mol. The molecule has 0 amide bonds. The van der Waals surface area contributed by atoms with Crippen molar-refractivity contribution in [1.82, 2.24) is 60.2 Å². The Labute approximate surface area is 364 Å². The van der Waals surface area contributed by atoms with Crippen LogP contribution in [-0.4, -0.2) is 104 Å². The highest BCUT2D eigenvalue weighted by Gasteiger charge is 2.23. The van der Waals surface area contributed by atoms with E-state index in [0.29, 0.717) is 23.0 Å². The fraction of sp³-hybridized carbons (Fsp3) is 0.158. The van der Waals surface area contributed by atoms with Gasteiger partial charge in [0.15, 0.2) is 0 Å². The molecule has 0 atom stereocenters. The van der Waals surface area contributed by atoms with Crippen LogP contribution in [0.4, 0.5) is 35.2 Å². The van der Waals surface area contributed by atoms with Gasteiger partial charge in [0.2, 0.25) is 47.1 Å². The van der Waals surface area contributed by atoms with Crippen LogP contribution in [-0.2, 0) is 41.0 Å². The number of para-hydroxylation sites is 2. The van der Waals surface area contributed by atoms with E-state index < -0.39 is 26.0 Å². The number of pyridine rings is 2. The molecule has 0 aliphatic heterocycles. The highest BCUT2D eigenvalue weighted by Crippen LogP contribution is 2.28. The first-order chi connectivity index (χ1) is 30.7. The second kappa shape index (κ2) is 19.0. The number of rotatable bonds is 14. The largest absolute Gasteiger partial charge is 0.368 e. The van der Waals surface area contributed by atoms with Gasteiger partial charge in [-0.1, -0.05) is 52.8 Å². The van der Waals surface area contributed by atoms with E-state index in [-0.39, 0.29) is 65.0 Å². The number of hydrogen-bond donors (Lipinski definition) is 2. The Hall–Kier alpha value is -7.94. The predicted molar refractivity (Wildman–Crippen MR) is 230 cm³/mol. The van der Waals surface area contributed by atoms with Crippen LogP contribution in [0.5, 0.6) is 0 Å². The van der Waals surface area contributed by atoms with Crippen molar-refractivity contribution in [3.63, 3.8) is 0 Å². The minimum Gasteiger partial charge on any atom is -0.368 e. The third-order valence-electron chi connectivity index (χ3n) is 8.63. The highest BCUT2D eigenvalue weighted by molar-refractivity contribution is 7.86. The van der Waals surface area contributed by atoms with E-state index in [1.807, 2.05) is 60.7 Å². The summed E-state index contributed by atoms with van der Waals surface area (Å²) in [7, 11) is -2.79. The topological polar surface area (TPSA) is 326 Å². The number of nitrogens with two attached hydrogens (primary N) is 2. The average molecular weight is 909 g/mol. The molecule has 24 nitrogen and oxygen atoms in total. The molecule has 0 aliphatic rings. The van der Waals surface area contributed by atoms with E-state index in [2.05, 4.69) is 64.3 Å². The number of anilines is 6. The summed E-state index contributed by atoms with van der Waals surface area (Å²) in [4.78, 5) is 45.7. The van der Waals surface area contributed by atoms with Crippen molar-refractivity contribution in [2.24, 2.45) is 0 Å². The molecule has 6 aromatic heterocycles. The number of nitrogens with zero attached hydrogens (tertiary/aromatic N) is 14. The standard InChI is InChI=1S/2C19H18N8O4S/c1-27(13-8-4-3-5-9-13)19-24-15(23-18(20)25-19)16-22-17(31-26-16)14-12(7-6-10-21-14)11-30-32(2,28)29;1-27(12-7-4-3-5-8-12)19-24-15(23-18(20)25-19)16-22-17(31-26-16)13-9-6-10-21-14(13)11-32(28,29)30-2/h2*3-10H,11H2,1-2H3,(H2,20,23,24,25). The molecule has 6 heterocycles. The van der Waals surface area contributed by atoms with Gasteiger partial charge in [-0.3, -0.25) is 18.3 Å². The molecular weight excluding hydrogens is 873 g/mol. The number of benzene rings is 2. The third-order valence-corrected chi connectivity index (χ3v) is 10.3. The number of hydrogen-bond acceptors (Lipinski definition) is 24. The zero-order chi connectivity index (χ0) is 45.4. The van der Waals surface area contributed by atoms with Crippen LogP contribution in [0.3, 0.4) is 0 Å². The van der Waals surface area contributed by atoms with Crippen LogP contribution >= 0.6 is 0 Å². The summed E-state index contributed by atoms with van der Waals surface area (Å²) in [5.41, 5.74) is 14.7. The van der Waals surface area contributed by atoms with Crippen molar-refractivity contribution in [2.45, 2.75) is 12.4 Å². The fourth-order valence-electron chi connectivity index (χ4n) is 5.52. The molecule has 328 valence electrons. The zero-order valence-electron chi connectivity index (χ0n) is 34.1. The highest BCUT2D eigenvalue weighted by atomic mass is 32.2. The molecule has 0 fully saturated rings. The Morgan fingerprint density at radius 3 is 1.67 bits per heavy atom. The molecule has 2 aromatic carbocycles. The lowest BCUT2D eigenvalue weighted by atomic mass is 10.2. The minimum atomic E-state index is -3.80. The quantitative estimate of drug-likeness (QED) is 0.147. The fourth-order valence-corrected chi connectivity index (χ4v) is 6.55. The molecule has 8 aromatic rings. The Balaban J connectivity index is 0.000000191. The first kappa shape index (κ1) is 44.1. The van der Waals surface area contributed by atoms with E-state index in [9.17, 15) is 16.8 Å². The van der Waals surface area contributed by atoms with E-state index in [1.165, 1.54) is 12.4 Å². The van der Waals surface area contributed by atoms with E-state index in [0.717, 1.165) is 24.7 Å². The summed E-state index contributed by atoms with van der Waals surface area (Å²) in [5.74, 6) is 0.516. The molecule has 64 heavy (non-hydrogen) atoms. The molecule has 0 aliphatic carbocycles. The van der Waals surface area contributed by atoms with Crippen LogP contribution in [0.25, 0.3) is 46.3 Å². The second-order valence-electron chi connectivity index (χ2n) is 13.1. The molecular formula is C38H36N16O8S2. The van der Waals surface area contributed by atoms with Crippen LogP contribution in [0, 0.1) is 0 Å². The summed E-state index contributed by atoms with van der Waals surface area (Å²) in [6, 6.07) is 25.4. The molecule has 4 N–H and O–H groups in total. The molecule has 0 spiro atoms. The van der Waals surface area contributed by atoms with Crippen LogP contribution in [0.2, 0.25) is 0 Å². The van der Waals surface area contributed by atoms with Gasteiger partial charge in [-0.2, -0.15) is 56.7 Å². The summed E-state index contributed by atoms with van der Waals surface area (Å²) < 4.78 is 66.4. The van der Waals surface area contributed by atoms with Gasteiger partial charge in [0.25, 0.3) is 32.0 Å². The molecule has 0 radical (unpaired) electrons. The van der Waals surface area contributed by atoms with Gasteiger partial charge < -0.3 is 30.3 Å². The minimum absolute atomic E-state index is 0.0146. The summed E-state index contributed by atoms with van der Waals surface area (Å²) >= 11 is 0. The van der Waals surface area contributed by atoms with Crippen LogP contribution in [0.1, 0.15) is 11.3 Å². The van der Waals surface area contributed by atoms with Crippen molar-refractivity contribution in [3.8, 4) is 46.3 Å². The van der Waals surface area contributed by atoms with E-state index in [4.69, 9.17) is 24.7 Å². The maximum Gasteiger partial charge on any atom is 0.277 e. The molecule has 0 saturated carbocycles. The first-order valence-electron chi connectivity index (χ1n) is 18.5. The maximum atomic E-state index is 11.9. The lowest BCUT2D eigenvalue weighted by Crippen LogP contribution is -2.15. The van der Waals surface area contributed by atoms with Crippen molar-refractivity contribution < 1.29 is 34.2 Å². The number of aromatic nitrogens is 12. The van der Waals surface area contributed by atoms with Crippen molar-refractivity contribution >= 4 is 55.4 Å². The van der Waals surface area contributed by atoms with Gasteiger partial charge in [-0.15, -0.1) is 0 Å². The van der Waals surface area contributed by atoms with Crippen molar-refractivity contribution in [1.29, 1.82) is 0 Å². The summed E-state index contributed by atoms with van der Waals surface area (Å²) in [6.07, 6.45) is 3.93. The first-order valence-corrected chi connectivity index (χ1v) is 21.9. The normalized spacial score (nSPS) is 11.4. The molecule has 0 bridgehead atoms. The van der Waals surface area contributed by atoms with Crippen molar-refractivity contribution in [2.75, 3.05) is 48.7 Å². The van der Waals surface area contributed by atoms with Crippen molar-refractivity contribution in [3.05, 3.63) is 109 Å². The predicted octanol–water partition coefficient (Wildman–Crippen LogP) is 3.62. The van der Waals surface area contributed by atoms with Gasteiger partial charge in [-0.05, 0) is 42.5 Å². The number of nitrogen functional groups attached to an aromatic ring is 2. The lowest BCUT2D eigenvalue weighted by Gasteiger charge is -2.17. The Bertz CT molecular complexity index is 3110. The second-order valence-corrected chi connectivity index (χ2v) is 16.5. The Morgan fingerprint density at radius 2 is 1.12 bits per heavy atom. The lowest BCUT2D eigenvalue weighted by molar-refractivity contribution is 0.311. The summed E-state index contributed by atoms with van der Waals surface area (Å²) in [5, 5.41) is 7.83. The maximum absolute atomic E-state index is 11.9. The SMILES string of the molecule is CN(c1ccccc1)c1nc(N)nc(-c2noc(-c3ncccc3COS(C)(=O)=O)n2)n1.COS(=O)(=O)Cc1ncccc1-c1nc(-c2nc(N)nc(N(C)c3ccccc3)n2)no1. The summed E-state index contributed by atoms with van der Waals surface area (Å²) in [6.45, 7) is -0.232. The van der Waals surface area contributed by atoms with Gasteiger partial charge in [0.05, 0.1) is 31.2 Å². The Kier molecular flexibility index (Phi) is 13.1. The van der Waals surface area contributed by atoms with Gasteiger partial charge in [0, 0.05) is 43.4 Å². The molecule has 26 heteroatoms. The Morgan fingerprint density at radius 1 is 0.609 bits per heavy atom. The smallest absolute Gasteiger partial charge is 0.277 e. The van der Waals surface area contributed by atoms with Gasteiger partial charge >= 0.3 is 0 Å². The average Bonchev–Trinajstić information content (AvgIpc) is 4.00. The van der Waals surface area contributed by atoms with E-state index in [1.54, 1.807) is 48.2 Å². The van der Waals surface area contributed by atoms with Gasteiger partial charge in [0.1, 0.15) is 11.4 Å². The zero-order valence-corrected chi connectivity index (χ0v) is 35.8. The third kappa shape index (κ3) is 10.9.